The second-order valence-corrected chi connectivity index (χ2v) is 7.46. The average molecular weight is 307 g/mol. The number of fused-ring (bicyclic) bond motifs is 1. The number of hydrogen-bond acceptors (Lipinski definition) is 6. The zero-order chi connectivity index (χ0) is 15.6. The number of hydrogen-bond donors (Lipinski definition) is 4. The number of hydrazine groups is 1. The first kappa shape index (κ1) is 16.1. The summed E-state index contributed by atoms with van der Waals surface area (Å²) < 4.78 is 0. The van der Waals surface area contributed by atoms with Gasteiger partial charge in [0, 0.05) is 47.1 Å². The Kier molecular flexibility index (Phi) is 4.81. The maximum atomic E-state index is 6.26. The lowest BCUT2D eigenvalue weighted by Gasteiger charge is -2.27. The van der Waals surface area contributed by atoms with Crippen molar-refractivity contribution in [1.29, 1.82) is 0 Å². The summed E-state index contributed by atoms with van der Waals surface area (Å²) in [6, 6.07) is 0. The van der Waals surface area contributed by atoms with Crippen molar-refractivity contribution in [3.63, 3.8) is 0 Å². The van der Waals surface area contributed by atoms with Crippen molar-refractivity contribution in [2.24, 2.45) is 33.7 Å². The summed E-state index contributed by atoms with van der Waals surface area (Å²) in [6.45, 7) is 11.8. The molecule has 2 heterocycles. The van der Waals surface area contributed by atoms with E-state index in [1.807, 2.05) is 13.1 Å². The molecule has 0 aromatic heterocycles. The lowest BCUT2D eigenvalue weighted by atomic mass is 9.89. The van der Waals surface area contributed by atoms with Gasteiger partial charge in [-0.3, -0.25) is 0 Å². The highest BCUT2D eigenvalue weighted by atomic mass is 32.2. The largest absolute Gasteiger partial charge is 0.401 e. The van der Waals surface area contributed by atoms with Crippen LogP contribution in [0.2, 0.25) is 0 Å². The van der Waals surface area contributed by atoms with E-state index >= 15 is 0 Å². The standard InChI is InChI=1S/C15H25N5S/c1-9(21-10(2)13(17)15(3,4)8-16)11-5-6-18-14-12(11)7-19-20-14/h5-6,11-12,19H,1,7-8,16-17H2,2-4H3,(H,18,20)/b13-10-. The molecule has 21 heavy (non-hydrogen) atoms. The molecule has 5 nitrogen and oxygen atoms in total. The molecule has 1 saturated heterocycles. The molecule has 2 rings (SSSR count). The zero-order valence-electron chi connectivity index (χ0n) is 12.9. The second kappa shape index (κ2) is 6.25. The van der Waals surface area contributed by atoms with Crippen LogP contribution < -0.4 is 22.3 Å². The first-order chi connectivity index (χ1) is 9.86. The van der Waals surface area contributed by atoms with Gasteiger partial charge in [-0.05, 0) is 11.8 Å². The Hall–Kier alpha value is -1.24. The third-order valence-corrected chi connectivity index (χ3v) is 5.17. The molecule has 0 aromatic rings. The van der Waals surface area contributed by atoms with Crippen LogP contribution in [0.1, 0.15) is 20.8 Å². The number of allylic oxidation sites excluding steroid dienone is 3. The lowest BCUT2D eigenvalue weighted by molar-refractivity contribution is 0.453. The molecule has 0 spiro atoms. The van der Waals surface area contributed by atoms with Crippen molar-refractivity contribution < 1.29 is 0 Å². The maximum absolute atomic E-state index is 6.26. The summed E-state index contributed by atoms with van der Waals surface area (Å²) in [7, 11) is 0. The molecular weight excluding hydrogens is 282 g/mol. The molecule has 2 unspecified atom stereocenters. The molecule has 0 aliphatic carbocycles. The van der Waals surface area contributed by atoms with E-state index in [2.05, 4.69) is 42.3 Å². The van der Waals surface area contributed by atoms with Crippen LogP contribution in [0.4, 0.5) is 0 Å². The first-order valence-electron chi connectivity index (χ1n) is 7.13. The summed E-state index contributed by atoms with van der Waals surface area (Å²) >= 11 is 1.65. The Morgan fingerprint density at radius 2 is 2.29 bits per heavy atom. The fourth-order valence-corrected chi connectivity index (χ4v) is 3.61. The Morgan fingerprint density at radius 1 is 1.57 bits per heavy atom. The Labute approximate surface area is 131 Å². The van der Waals surface area contributed by atoms with Gasteiger partial charge in [-0.25, -0.2) is 10.4 Å². The fourth-order valence-electron chi connectivity index (χ4n) is 2.45. The number of aliphatic imine (C=N–C) groups is 1. The predicted octanol–water partition coefficient (Wildman–Crippen LogP) is 1.67. The van der Waals surface area contributed by atoms with Gasteiger partial charge in [0.25, 0.3) is 0 Å². The van der Waals surface area contributed by atoms with E-state index in [0.29, 0.717) is 12.5 Å². The number of rotatable bonds is 5. The third-order valence-electron chi connectivity index (χ3n) is 4.10. The van der Waals surface area contributed by atoms with Crippen molar-refractivity contribution in [2.45, 2.75) is 20.8 Å². The van der Waals surface area contributed by atoms with Gasteiger partial charge < -0.3 is 16.9 Å². The Balaban J connectivity index is 2.10. The van der Waals surface area contributed by atoms with Crippen LogP contribution in [0, 0.1) is 17.3 Å². The summed E-state index contributed by atoms with van der Waals surface area (Å²) in [5.74, 6) is 1.57. The van der Waals surface area contributed by atoms with Crippen LogP contribution >= 0.6 is 11.8 Å². The molecule has 2 atom stereocenters. The zero-order valence-corrected chi connectivity index (χ0v) is 13.8. The fraction of sp³-hybridized carbons (Fsp3) is 0.533. The minimum Gasteiger partial charge on any atom is -0.401 e. The van der Waals surface area contributed by atoms with Gasteiger partial charge in [0.15, 0.2) is 0 Å². The van der Waals surface area contributed by atoms with Gasteiger partial charge in [-0.15, -0.1) is 0 Å². The minimum absolute atomic E-state index is 0.192. The number of amidine groups is 1. The van der Waals surface area contributed by atoms with Crippen LogP contribution in [-0.2, 0) is 0 Å². The normalized spacial score (nSPS) is 25.8. The highest BCUT2D eigenvalue weighted by Gasteiger charge is 2.33. The molecular formula is C15H25N5S. The Morgan fingerprint density at radius 3 is 2.95 bits per heavy atom. The van der Waals surface area contributed by atoms with E-state index in [1.165, 1.54) is 0 Å². The molecule has 1 fully saturated rings. The number of thioether (sulfide) groups is 1. The Bertz CT molecular complexity index is 518. The molecule has 116 valence electrons. The quantitative estimate of drug-likeness (QED) is 0.620. The van der Waals surface area contributed by atoms with Crippen LogP contribution in [0.3, 0.4) is 0 Å². The number of nitrogens with one attached hydrogen (secondary N) is 2. The van der Waals surface area contributed by atoms with E-state index in [0.717, 1.165) is 27.9 Å². The molecule has 2 aliphatic rings. The smallest absolute Gasteiger partial charge is 0.121 e. The van der Waals surface area contributed by atoms with Crippen LogP contribution in [0.15, 0.2) is 39.4 Å². The molecule has 0 bridgehead atoms. The molecule has 6 heteroatoms. The molecule has 2 aliphatic heterocycles. The van der Waals surface area contributed by atoms with Crippen molar-refractivity contribution in [1.82, 2.24) is 10.9 Å². The highest BCUT2D eigenvalue weighted by Crippen LogP contribution is 2.39. The van der Waals surface area contributed by atoms with Crippen molar-refractivity contribution in [2.75, 3.05) is 13.1 Å². The van der Waals surface area contributed by atoms with E-state index < -0.39 is 0 Å². The van der Waals surface area contributed by atoms with E-state index in [4.69, 9.17) is 11.5 Å². The minimum atomic E-state index is -0.192. The summed E-state index contributed by atoms with van der Waals surface area (Å²) in [6.07, 6.45) is 3.95. The molecule has 0 saturated carbocycles. The summed E-state index contributed by atoms with van der Waals surface area (Å²) in [5, 5.41) is 0. The van der Waals surface area contributed by atoms with Gasteiger partial charge in [0.05, 0.1) is 0 Å². The number of nitrogens with zero attached hydrogens (tertiary/aromatic N) is 1. The van der Waals surface area contributed by atoms with Gasteiger partial charge >= 0.3 is 0 Å². The second-order valence-electron chi connectivity index (χ2n) is 6.12. The highest BCUT2D eigenvalue weighted by molar-refractivity contribution is 8.06. The van der Waals surface area contributed by atoms with Crippen molar-refractivity contribution in [3.8, 4) is 0 Å². The van der Waals surface area contributed by atoms with Crippen LogP contribution in [-0.4, -0.2) is 18.9 Å². The maximum Gasteiger partial charge on any atom is 0.121 e. The van der Waals surface area contributed by atoms with E-state index in [1.54, 1.807) is 11.8 Å². The van der Waals surface area contributed by atoms with Gasteiger partial charge in [0.2, 0.25) is 0 Å². The summed E-state index contributed by atoms with van der Waals surface area (Å²) in [4.78, 5) is 6.51. The van der Waals surface area contributed by atoms with Gasteiger partial charge in [-0.2, -0.15) is 0 Å². The van der Waals surface area contributed by atoms with Crippen LogP contribution in [0.5, 0.6) is 0 Å². The lowest BCUT2D eigenvalue weighted by Crippen LogP contribution is -2.31. The van der Waals surface area contributed by atoms with Gasteiger partial charge in [-0.1, -0.05) is 38.3 Å². The van der Waals surface area contributed by atoms with Gasteiger partial charge in [0.1, 0.15) is 5.84 Å². The SMILES string of the molecule is C=C(S/C(C)=C(\N)C(C)(C)CN)C1C=CN=C2NNCC21. The third kappa shape index (κ3) is 3.33. The monoisotopic (exact) mass is 307 g/mol. The predicted molar refractivity (Wildman–Crippen MR) is 91.1 cm³/mol. The molecule has 0 amide bonds. The van der Waals surface area contributed by atoms with Crippen molar-refractivity contribution >= 4 is 17.6 Å². The van der Waals surface area contributed by atoms with E-state index in [9.17, 15) is 0 Å². The first-order valence-corrected chi connectivity index (χ1v) is 7.95. The van der Waals surface area contributed by atoms with Crippen LogP contribution in [0.25, 0.3) is 0 Å². The topological polar surface area (TPSA) is 88.5 Å². The summed E-state index contributed by atoms with van der Waals surface area (Å²) in [5.41, 5.74) is 18.9. The average Bonchev–Trinajstić information content (AvgIpc) is 2.94. The molecule has 0 radical (unpaired) electrons. The molecule has 6 N–H and O–H groups in total. The van der Waals surface area contributed by atoms with Crippen molar-refractivity contribution in [3.05, 3.63) is 34.4 Å². The molecule has 0 aromatic carbocycles. The number of nitrogens with two attached hydrogens (primary N) is 2. The van der Waals surface area contributed by atoms with E-state index in [-0.39, 0.29) is 11.3 Å².